The molecule has 7 heteroatoms. The summed E-state index contributed by atoms with van der Waals surface area (Å²) in [5, 5.41) is 0. The van der Waals surface area contributed by atoms with Gasteiger partial charge in [0.05, 0.1) is 12.2 Å². The van der Waals surface area contributed by atoms with E-state index in [1.165, 1.54) is 0 Å². The largest absolute Gasteiger partial charge is 0.493 e. The third-order valence-electron chi connectivity index (χ3n) is 5.47. The van der Waals surface area contributed by atoms with E-state index in [1.807, 2.05) is 24.0 Å². The van der Waals surface area contributed by atoms with Crippen molar-refractivity contribution in [2.45, 2.75) is 39.2 Å². The summed E-state index contributed by atoms with van der Waals surface area (Å²) in [7, 11) is 0. The Bertz CT molecular complexity index is 736. The van der Waals surface area contributed by atoms with Crippen LogP contribution in [-0.4, -0.2) is 77.8 Å². The summed E-state index contributed by atoms with van der Waals surface area (Å²) in [4.78, 5) is 43.3. The third-order valence-corrected chi connectivity index (χ3v) is 5.47. The molecular formula is C21H29N3O4. The molecule has 3 rings (SSSR count). The van der Waals surface area contributed by atoms with Gasteiger partial charge in [0.2, 0.25) is 11.8 Å². The van der Waals surface area contributed by atoms with E-state index in [0.29, 0.717) is 57.1 Å². The van der Waals surface area contributed by atoms with E-state index in [1.54, 1.807) is 28.9 Å². The van der Waals surface area contributed by atoms with E-state index in [9.17, 15) is 14.4 Å². The molecule has 2 saturated heterocycles. The van der Waals surface area contributed by atoms with E-state index >= 15 is 0 Å². The SMILES string of the molecule is CCOc1ccccc1C(=O)N1CCCC1C(=O)N1CCCN(C(C)=O)CC1. The molecule has 1 aromatic carbocycles. The maximum absolute atomic E-state index is 13.2. The van der Waals surface area contributed by atoms with Gasteiger partial charge in [0.15, 0.2) is 0 Å². The van der Waals surface area contributed by atoms with Crippen LogP contribution in [0.25, 0.3) is 0 Å². The molecule has 1 unspecified atom stereocenters. The Labute approximate surface area is 166 Å². The molecule has 1 aromatic rings. The van der Waals surface area contributed by atoms with E-state index in [2.05, 4.69) is 0 Å². The van der Waals surface area contributed by atoms with Crippen molar-refractivity contribution in [3.8, 4) is 5.75 Å². The molecule has 0 radical (unpaired) electrons. The van der Waals surface area contributed by atoms with E-state index < -0.39 is 6.04 Å². The van der Waals surface area contributed by atoms with Crippen molar-refractivity contribution >= 4 is 17.7 Å². The second-order valence-corrected chi connectivity index (χ2v) is 7.27. The van der Waals surface area contributed by atoms with Crippen LogP contribution in [0.15, 0.2) is 24.3 Å². The van der Waals surface area contributed by atoms with Crippen LogP contribution in [0.2, 0.25) is 0 Å². The fourth-order valence-corrected chi connectivity index (χ4v) is 4.01. The predicted octanol–water partition coefficient (Wildman–Crippen LogP) is 1.77. The molecular weight excluding hydrogens is 358 g/mol. The Morgan fingerprint density at radius 2 is 1.71 bits per heavy atom. The number of amides is 3. The van der Waals surface area contributed by atoms with Crippen LogP contribution in [0.1, 0.15) is 43.5 Å². The van der Waals surface area contributed by atoms with Crippen LogP contribution in [0.4, 0.5) is 0 Å². The summed E-state index contributed by atoms with van der Waals surface area (Å²) < 4.78 is 5.60. The first-order chi connectivity index (χ1) is 13.5. The summed E-state index contributed by atoms with van der Waals surface area (Å²) in [5.41, 5.74) is 0.502. The zero-order chi connectivity index (χ0) is 20.1. The molecule has 0 saturated carbocycles. The summed E-state index contributed by atoms with van der Waals surface area (Å²) in [6.45, 7) is 6.86. The van der Waals surface area contributed by atoms with Crippen molar-refractivity contribution < 1.29 is 19.1 Å². The molecule has 152 valence electrons. The summed E-state index contributed by atoms with van der Waals surface area (Å²) in [6.07, 6.45) is 2.25. The van der Waals surface area contributed by atoms with Crippen molar-refractivity contribution in [3.05, 3.63) is 29.8 Å². The number of hydrogen-bond donors (Lipinski definition) is 0. The van der Waals surface area contributed by atoms with Crippen molar-refractivity contribution in [2.75, 3.05) is 39.3 Å². The Kier molecular flexibility index (Phi) is 6.54. The molecule has 0 N–H and O–H groups in total. The smallest absolute Gasteiger partial charge is 0.258 e. The summed E-state index contributed by atoms with van der Waals surface area (Å²) in [6, 6.07) is 6.75. The second kappa shape index (κ2) is 9.08. The molecule has 3 amide bonds. The van der Waals surface area contributed by atoms with Crippen molar-refractivity contribution in [1.82, 2.24) is 14.7 Å². The van der Waals surface area contributed by atoms with Crippen LogP contribution >= 0.6 is 0 Å². The lowest BCUT2D eigenvalue weighted by Gasteiger charge is -2.30. The van der Waals surface area contributed by atoms with Crippen molar-refractivity contribution in [2.24, 2.45) is 0 Å². The van der Waals surface area contributed by atoms with Gasteiger partial charge in [-0.25, -0.2) is 0 Å². The van der Waals surface area contributed by atoms with E-state index in [4.69, 9.17) is 4.74 Å². The first-order valence-corrected chi connectivity index (χ1v) is 10.1. The zero-order valence-corrected chi connectivity index (χ0v) is 16.7. The maximum atomic E-state index is 13.2. The highest BCUT2D eigenvalue weighted by Gasteiger charge is 2.38. The lowest BCUT2D eigenvalue weighted by atomic mass is 10.1. The van der Waals surface area contributed by atoms with Crippen LogP contribution in [-0.2, 0) is 9.59 Å². The van der Waals surface area contributed by atoms with Gasteiger partial charge in [0.1, 0.15) is 11.8 Å². The summed E-state index contributed by atoms with van der Waals surface area (Å²) in [5.74, 6) is 0.435. The van der Waals surface area contributed by atoms with Gasteiger partial charge in [-0.15, -0.1) is 0 Å². The molecule has 2 aliphatic rings. The molecule has 2 heterocycles. The number of carbonyl (C=O) groups is 3. The molecule has 7 nitrogen and oxygen atoms in total. The average Bonchev–Trinajstić information content (AvgIpc) is 3.04. The number of likely N-dealkylation sites (tertiary alicyclic amines) is 1. The highest BCUT2D eigenvalue weighted by Crippen LogP contribution is 2.26. The van der Waals surface area contributed by atoms with Gasteiger partial charge in [-0.2, -0.15) is 0 Å². The van der Waals surface area contributed by atoms with Crippen LogP contribution < -0.4 is 4.74 Å². The predicted molar refractivity (Wildman–Crippen MR) is 105 cm³/mol. The number of rotatable bonds is 4. The number of carbonyl (C=O) groups excluding carboxylic acids is 3. The monoisotopic (exact) mass is 387 g/mol. The normalized spacial score (nSPS) is 20.1. The fraction of sp³-hybridized carbons (Fsp3) is 0.571. The van der Waals surface area contributed by atoms with Crippen LogP contribution in [0.5, 0.6) is 5.75 Å². The Morgan fingerprint density at radius 3 is 2.46 bits per heavy atom. The van der Waals surface area contributed by atoms with Crippen LogP contribution in [0.3, 0.4) is 0 Å². The molecule has 0 spiro atoms. The molecule has 0 aromatic heterocycles. The maximum Gasteiger partial charge on any atom is 0.258 e. The minimum Gasteiger partial charge on any atom is -0.493 e. The molecule has 2 fully saturated rings. The number of nitrogens with zero attached hydrogens (tertiary/aromatic N) is 3. The fourth-order valence-electron chi connectivity index (χ4n) is 4.01. The Balaban J connectivity index is 1.73. The minimum absolute atomic E-state index is 0.00913. The second-order valence-electron chi connectivity index (χ2n) is 7.27. The highest BCUT2D eigenvalue weighted by molar-refractivity contribution is 6.00. The van der Waals surface area contributed by atoms with Gasteiger partial charge in [0.25, 0.3) is 5.91 Å². The third kappa shape index (κ3) is 4.29. The number of hydrogen-bond acceptors (Lipinski definition) is 4. The number of para-hydroxylation sites is 1. The first-order valence-electron chi connectivity index (χ1n) is 10.1. The van der Waals surface area contributed by atoms with E-state index in [-0.39, 0.29) is 17.7 Å². The zero-order valence-electron chi connectivity index (χ0n) is 16.7. The minimum atomic E-state index is -0.439. The molecule has 0 bridgehead atoms. The van der Waals surface area contributed by atoms with Crippen LogP contribution in [0, 0.1) is 0 Å². The lowest BCUT2D eigenvalue weighted by molar-refractivity contribution is -0.136. The number of ether oxygens (including phenoxy) is 1. The topological polar surface area (TPSA) is 70.2 Å². The highest BCUT2D eigenvalue weighted by atomic mass is 16.5. The quantitative estimate of drug-likeness (QED) is 0.790. The Hall–Kier alpha value is -2.57. The van der Waals surface area contributed by atoms with Crippen molar-refractivity contribution in [1.29, 1.82) is 0 Å². The van der Waals surface area contributed by atoms with Gasteiger partial charge >= 0.3 is 0 Å². The van der Waals surface area contributed by atoms with Gasteiger partial charge in [-0.05, 0) is 38.3 Å². The molecule has 2 aliphatic heterocycles. The number of benzene rings is 1. The molecule has 0 aliphatic carbocycles. The van der Waals surface area contributed by atoms with Gasteiger partial charge in [-0.3, -0.25) is 14.4 Å². The van der Waals surface area contributed by atoms with Gasteiger partial charge < -0.3 is 19.4 Å². The average molecular weight is 387 g/mol. The molecule has 1 atom stereocenters. The standard InChI is InChI=1S/C21H29N3O4/c1-3-28-19-10-5-4-8-17(19)20(26)24-13-6-9-18(24)21(27)23-12-7-11-22(14-15-23)16(2)25/h4-5,8,10,18H,3,6-7,9,11-15H2,1-2H3. The van der Waals surface area contributed by atoms with E-state index in [0.717, 1.165) is 12.8 Å². The molecule has 28 heavy (non-hydrogen) atoms. The Morgan fingerprint density at radius 1 is 1.00 bits per heavy atom. The van der Waals surface area contributed by atoms with Crippen molar-refractivity contribution in [3.63, 3.8) is 0 Å². The summed E-state index contributed by atoms with van der Waals surface area (Å²) >= 11 is 0. The first kappa shape index (κ1) is 20.2. The lowest BCUT2D eigenvalue weighted by Crippen LogP contribution is -2.48. The van der Waals surface area contributed by atoms with Gasteiger partial charge in [0, 0.05) is 39.6 Å². The van der Waals surface area contributed by atoms with Gasteiger partial charge in [-0.1, -0.05) is 12.1 Å².